The molecule has 2 rings (SSSR count). The zero-order valence-electron chi connectivity index (χ0n) is 8.79. The van der Waals surface area contributed by atoms with Gasteiger partial charge in [-0.15, -0.1) is 0 Å². The lowest BCUT2D eigenvalue weighted by molar-refractivity contribution is -0.117. The number of nitrogens with one attached hydrogen (secondary N) is 2. The topological polar surface area (TPSA) is 54.0 Å². The summed E-state index contributed by atoms with van der Waals surface area (Å²) in [6.07, 6.45) is 4.73. The van der Waals surface area contributed by atoms with E-state index in [4.69, 9.17) is 0 Å². The van der Waals surface area contributed by atoms with E-state index >= 15 is 0 Å². The SMILES string of the molecule is CCCCC1Nc2ncccc2NC1=O. The van der Waals surface area contributed by atoms with Gasteiger partial charge in [-0.05, 0) is 18.6 Å². The zero-order chi connectivity index (χ0) is 10.7. The van der Waals surface area contributed by atoms with E-state index in [1.165, 1.54) is 0 Å². The van der Waals surface area contributed by atoms with Crippen LogP contribution in [0.15, 0.2) is 18.3 Å². The molecule has 4 heteroatoms. The Balaban J connectivity index is 2.11. The monoisotopic (exact) mass is 205 g/mol. The van der Waals surface area contributed by atoms with E-state index in [0.29, 0.717) is 0 Å². The number of pyridine rings is 1. The Morgan fingerprint density at radius 1 is 1.53 bits per heavy atom. The van der Waals surface area contributed by atoms with Gasteiger partial charge in [0.05, 0.1) is 5.69 Å². The Bertz CT molecular complexity index is 365. The number of carbonyl (C=O) groups is 1. The summed E-state index contributed by atoms with van der Waals surface area (Å²) in [7, 11) is 0. The van der Waals surface area contributed by atoms with Crippen LogP contribution in [-0.2, 0) is 4.79 Å². The maximum Gasteiger partial charge on any atom is 0.247 e. The first-order valence-corrected chi connectivity index (χ1v) is 5.33. The van der Waals surface area contributed by atoms with Gasteiger partial charge < -0.3 is 10.6 Å². The molecule has 0 radical (unpaired) electrons. The minimum atomic E-state index is -0.132. The molecular formula is C11H15N3O. The Hall–Kier alpha value is -1.58. The molecule has 1 aliphatic rings. The number of aromatic nitrogens is 1. The third-order valence-corrected chi connectivity index (χ3v) is 2.54. The van der Waals surface area contributed by atoms with Crippen molar-refractivity contribution in [3.05, 3.63) is 18.3 Å². The van der Waals surface area contributed by atoms with Crippen LogP contribution in [0.4, 0.5) is 11.5 Å². The van der Waals surface area contributed by atoms with Gasteiger partial charge in [-0.2, -0.15) is 0 Å². The minimum Gasteiger partial charge on any atom is -0.357 e. The molecule has 15 heavy (non-hydrogen) atoms. The van der Waals surface area contributed by atoms with Gasteiger partial charge in [0.1, 0.15) is 11.9 Å². The lowest BCUT2D eigenvalue weighted by Crippen LogP contribution is -2.39. The molecule has 2 N–H and O–H groups in total. The van der Waals surface area contributed by atoms with Crippen LogP contribution in [0.2, 0.25) is 0 Å². The van der Waals surface area contributed by atoms with E-state index in [-0.39, 0.29) is 11.9 Å². The van der Waals surface area contributed by atoms with Crippen molar-refractivity contribution in [3.63, 3.8) is 0 Å². The number of hydrogen-bond donors (Lipinski definition) is 2. The van der Waals surface area contributed by atoms with E-state index in [2.05, 4.69) is 22.5 Å². The highest BCUT2D eigenvalue weighted by Gasteiger charge is 2.24. The molecule has 2 heterocycles. The van der Waals surface area contributed by atoms with Gasteiger partial charge in [0.25, 0.3) is 0 Å². The van der Waals surface area contributed by atoms with Crippen LogP contribution in [0.1, 0.15) is 26.2 Å². The molecule has 80 valence electrons. The second-order valence-electron chi connectivity index (χ2n) is 3.73. The molecule has 1 atom stereocenters. The average molecular weight is 205 g/mol. The zero-order valence-corrected chi connectivity index (χ0v) is 8.79. The number of carbonyl (C=O) groups excluding carboxylic acids is 1. The van der Waals surface area contributed by atoms with Gasteiger partial charge >= 0.3 is 0 Å². The molecule has 1 amide bonds. The highest BCUT2D eigenvalue weighted by Crippen LogP contribution is 2.24. The summed E-state index contributed by atoms with van der Waals surface area (Å²) < 4.78 is 0. The lowest BCUT2D eigenvalue weighted by Gasteiger charge is -2.25. The quantitative estimate of drug-likeness (QED) is 0.793. The van der Waals surface area contributed by atoms with Crippen molar-refractivity contribution in [3.8, 4) is 0 Å². The fourth-order valence-electron chi connectivity index (χ4n) is 1.68. The molecule has 0 saturated carbocycles. The number of hydrogen-bond acceptors (Lipinski definition) is 3. The first kappa shape index (κ1) is 9.96. The highest BCUT2D eigenvalue weighted by molar-refractivity contribution is 6.01. The second kappa shape index (κ2) is 4.29. The van der Waals surface area contributed by atoms with E-state index in [9.17, 15) is 4.79 Å². The largest absolute Gasteiger partial charge is 0.357 e. The van der Waals surface area contributed by atoms with E-state index in [1.807, 2.05) is 12.1 Å². The van der Waals surface area contributed by atoms with Gasteiger partial charge in [0.2, 0.25) is 5.91 Å². The van der Waals surface area contributed by atoms with E-state index < -0.39 is 0 Å². The van der Waals surface area contributed by atoms with Crippen LogP contribution in [0, 0.1) is 0 Å². The number of anilines is 2. The predicted molar refractivity (Wildman–Crippen MR) is 59.8 cm³/mol. The Morgan fingerprint density at radius 3 is 3.20 bits per heavy atom. The molecule has 0 fully saturated rings. The van der Waals surface area contributed by atoms with Crippen molar-refractivity contribution >= 4 is 17.4 Å². The standard InChI is InChI=1S/C11H15N3O/c1-2-3-5-9-11(15)14-8-6-4-7-12-10(8)13-9/h4,6-7,9H,2-3,5H2,1H3,(H,12,13)(H,14,15). The second-order valence-corrected chi connectivity index (χ2v) is 3.73. The normalized spacial score (nSPS) is 19.0. The average Bonchev–Trinajstić information content (AvgIpc) is 2.26. The van der Waals surface area contributed by atoms with Crippen LogP contribution in [-0.4, -0.2) is 16.9 Å². The molecule has 0 saturated heterocycles. The van der Waals surface area contributed by atoms with E-state index in [0.717, 1.165) is 30.8 Å². The maximum absolute atomic E-state index is 11.7. The molecule has 1 aromatic heterocycles. The summed E-state index contributed by atoms with van der Waals surface area (Å²) >= 11 is 0. The first-order chi connectivity index (χ1) is 7.31. The van der Waals surface area contributed by atoms with Crippen molar-refractivity contribution in [1.82, 2.24) is 4.98 Å². The molecule has 1 unspecified atom stereocenters. The summed E-state index contributed by atoms with van der Waals surface area (Å²) in [5, 5.41) is 6.01. The number of nitrogens with zero attached hydrogens (tertiary/aromatic N) is 1. The van der Waals surface area contributed by atoms with E-state index in [1.54, 1.807) is 6.20 Å². The lowest BCUT2D eigenvalue weighted by atomic mass is 10.1. The molecule has 1 aliphatic heterocycles. The molecule has 4 nitrogen and oxygen atoms in total. The summed E-state index contributed by atoms with van der Waals surface area (Å²) in [5.74, 6) is 0.821. The first-order valence-electron chi connectivity index (χ1n) is 5.33. The van der Waals surface area contributed by atoms with Crippen molar-refractivity contribution in [1.29, 1.82) is 0 Å². The van der Waals surface area contributed by atoms with Crippen molar-refractivity contribution in [2.45, 2.75) is 32.2 Å². The smallest absolute Gasteiger partial charge is 0.247 e. The van der Waals surface area contributed by atoms with Gasteiger partial charge in [-0.3, -0.25) is 4.79 Å². The predicted octanol–water partition coefficient (Wildman–Crippen LogP) is 2.00. The summed E-state index contributed by atoms with van der Waals surface area (Å²) in [4.78, 5) is 15.8. The van der Waals surface area contributed by atoms with Crippen LogP contribution in [0.3, 0.4) is 0 Å². The number of amides is 1. The maximum atomic E-state index is 11.7. The minimum absolute atomic E-state index is 0.0453. The Morgan fingerprint density at radius 2 is 2.40 bits per heavy atom. The number of unbranched alkanes of at least 4 members (excludes halogenated alkanes) is 1. The van der Waals surface area contributed by atoms with Gasteiger partial charge in [0.15, 0.2) is 0 Å². The fourth-order valence-corrected chi connectivity index (χ4v) is 1.68. The van der Waals surface area contributed by atoms with Crippen molar-refractivity contribution < 1.29 is 4.79 Å². The summed E-state index contributed by atoms with van der Waals surface area (Å²) in [6, 6.07) is 3.53. The van der Waals surface area contributed by atoms with Crippen molar-refractivity contribution in [2.24, 2.45) is 0 Å². The molecule has 0 spiro atoms. The van der Waals surface area contributed by atoms with Gasteiger partial charge in [0, 0.05) is 6.20 Å². The summed E-state index contributed by atoms with van der Waals surface area (Å²) in [6.45, 7) is 2.12. The third-order valence-electron chi connectivity index (χ3n) is 2.54. The van der Waals surface area contributed by atoms with Crippen molar-refractivity contribution in [2.75, 3.05) is 10.6 Å². The van der Waals surface area contributed by atoms with Crippen LogP contribution >= 0.6 is 0 Å². The van der Waals surface area contributed by atoms with Gasteiger partial charge in [-0.1, -0.05) is 19.8 Å². The van der Waals surface area contributed by atoms with Crippen LogP contribution < -0.4 is 10.6 Å². The number of rotatable bonds is 3. The Kier molecular flexibility index (Phi) is 2.85. The molecular weight excluding hydrogens is 190 g/mol. The molecule has 0 bridgehead atoms. The molecule has 0 aliphatic carbocycles. The molecule has 1 aromatic rings. The van der Waals surface area contributed by atoms with Gasteiger partial charge in [-0.25, -0.2) is 4.98 Å². The van der Waals surface area contributed by atoms with Crippen LogP contribution in [0.25, 0.3) is 0 Å². The molecule has 0 aromatic carbocycles. The summed E-state index contributed by atoms with van der Waals surface area (Å²) in [5.41, 5.74) is 0.773. The Labute approximate surface area is 89.1 Å². The highest BCUT2D eigenvalue weighted by atomic mass is 16.2. The fraction of sp³-hybridized carbons (Fsp3) is 0.455. The number of fused-ring (bicyclic) bond motifs is 1. The van der Waals surface area contributed by atoms with Crippen LogP contribution in [0.5, 0.6) is 0 Å². The third kappa shape index (κ3) is 2.09.